The molecule has 0 amide bonds. The topological polar surface area (TPSA) is 32.5 Å². The highest BCUT2D eigenvalue weighted by atomic mass is 28.3. The lowest BCUT2D eigenvalue weighted by atomic mass is 10.0. The van der Waals surface area contributed by atoms with E-state index in [1.165, 1.54) is 27.4 Å². The van der Waals surface area contributed by atoms with Crippen LogP contribution in [0.3, 0.4) is 0 Å². The largest absolute Gasteiger partial charge is 0.436 e. The van der Waals surface area contributed by atoms with Crippen LogP contribution in [0, 0.1) is 13.8 Å². The summed E-state index contributed by atoms with van der Waals surface area (Å²) in [5.74, 6) is 0.611. The highest BCUT2D eigenvalue weighted by molar-refractivity contribution is 6.88. The third kappa shape index (κ3) is 8.57. The number of aromatic nitrogens is 1. The van der Waals surface area contributed by atoms with Gasteiger partial charge >= 0.3 is 0 Å². The minimum Gasteiger partial charge on any atom is -0.436 e. The lowest BCUT2D eigenvalue weighted by Crippen LogP contribution is -2.37. The fraction of sp³-hybridized carbons (Fsp3) is 0.167. The molecule has 4 nitrogen and oxygen atoms in total. The van der Waals surface area contributed by atoms with Gasteiger partial charge in [-0.3, -0.25) is 0 Å². The van der Waals surface area contributed by atoms with E-state index in [-0.39, 0.29) is 0 Å². The maximum Gasteiger partial charge on any atom is 0.227 e. The van der Waals surface area contributed by atoms with Crippen LogP contribution in [0.2, 0.25) is 19.6 Å². The Morgan fingerprint density at radius 1 is 0.508 bits per heavy atom. The Hall–Kier alpha value is -6.43. The number of hydrogen-bond donors (Lipinski definition) is 0. The van der Waals surface area contributed by atoms with Gasteiger partial charge in [-0.2, -0.15) is 0 Å². The zero-order valence-electron chi connectivity index (χ0n) is 35.3. The third-order valence-corrected chi connectivity index (χ3v) is 13.4. The second-order valence-corrected chi connectivity index (χ2v) is 21.5. The van der Waals surface area contributed by atoms with Crippen LogP contribution in [0.15, 0.2) is 162 Å². The SMILES string of the molecule is CCc1ccc(N(c2ccccc2)c2ccc(C=Cc3ccc(-c4nc5ccc(N(c6ccc([Si](C)(C)C)cc6)c6ccc(CC)c(C)c6)cc5o4)cc3)cc2)cc1C. The zero-order valence-corrected chi connectivity index (χ0v) is 36.3. The first-order valence-electron chi connectivity index (χ1n) is 20.8. The average molecular weight is 788 g/mol. The number of fused-ring (bicyclic) bond motifs is 1. The van der Waals surface area contributed by atoms with E-state index in [1.807, 2.05) is 0 Å². The summed E-state index contributed by atoms with van der Waals surface area (Å²) in [7, 11) is -1.44. The van der Waals surface area contributed by atoms with Crippen molar-refractivity contribution >= 4 is 70.6 Å². The first-order chi connectivity index (χ1) is 28.6. The normalized spacial score (nSPS) is 11.7. The molecule has 0 fully saturated rings. The van der Waals surface area contributed by atoms with Crippen molar-refractivity contribution in [1.82, 2.24) is 4.98 Å². The van der Waals surface area contributed by atoms with Crippen LogP contribution in [-0.2, 0) is 12.8 Å². The molecule has 0 aliphatic carbocycles. The lowest BCUT2D eigenvalue weighted by molar-refractivity contribution is 0.620. The molecule has 1 aromatic heterocycles. The highest BCUT2D eigenvalue weighted by Gasteiger charge is 2.20. The molecule has 8 aromatic rings. The molecule has 0 aliphatic rings. The number of oxazole rings is 1. The Morgan fingerprint density at radius 3 is 1.49 bits per heavy atom. The molecule has 0 saturated carbocycles. The van der Waals surface area contributed by atoms with E-state index < -0.39 is 8.07 Å². The number of hydrogen-bond acceptors (Lipinski definition) is 4. The van der Waals surface area contributed by atoms with Gasteiger partial charge in [-0.15, -0.1) is 0 Å². The van der Waals surface area contributed by atoms with Gasteiger partial charge in [0.25, 0.3) is 0 Å². The molecule has 0 N–H and O–H groups in total. The van der Waals surface area contributed by atoms with E-state index in [9.17, 15) is 0 Å². The quantitative estimate of drug-likeness (QED) is 0.0912. The van der Waals surface area contributed by atoms with Gasteiger partial charge in [0.15, 0.2) is 5.58 Å². The molecule has 0 aliphatic heterocycles. The van der Waals surface area contributed by atoms with Crippen LogP contribution < -0.4 is 15.0 Å². The lowest BCUT2D eigenvalue weighted by Gasteiger charge is -2.27. The number of benzene rings is 7. The first kappa shape index (κ1) is 39.4. The van der Waals surface area contributed by atoms with Crippen molar-refractivity contribution in [2.75, 3.05) is 9.80 Å². The summed E-state index contributed by atoms with van der Waals surface area (Å²) in [5.41, 5.74) is 16.8. The highest BCUT2D eigenvalue weighted by Crippen LogP contribution is 2.39. The van der Waals surface area contributed by atoms with Crippen molar-refractivity contribution in [2.24, 2.45) is 0 Å². The smallest absolute Gasteiger partial charge is 0.227 e. The Morgan fingerprint density at radius 2 is 0.966 bits per heavy atom. The maximum absolute atomic E-state index is 6.47. The van der Waals surface area contributed by atoms with Crippen LogP contribution in [0.25, 0.3) is 34.7 Å². The zero-order chi connectivity index (χ0) is 41.1. The molecule has 0 radical (unpaired) electrons. The van der Waals surface area contributed by atoms with Gasteiger partial charge in [0.1, 0.15) is 5.52 Å². The van der Waals surface area contributed by atoms with Crippen molar-refractivity contribution < 1.29 is 4.42 Å². The molecule has 1 heterocycles. The fourth-order valence-corrected chi connectivity index (χ4v) is 9.02. The van der Waals surface area contributed by atoms with E-state index in [2.05, 4.69) is 227 Å². The van der Waals surface area contributed by atoms with E-state index >= 15 is 0 Å². The standard InChI is InChI=1S/C54H53N3OSi/c1-8-42-23-27-48(35-38(42)3)56(45-13-11-10-12-14-45)46-25-19-41(20-26-46)16-15-40-17-21-44(22-18-40)54-55-52-34-31-50(37-53(52)58-54)57(49-28-24-43(9-2)39(4)36-49)47-29-32-51(33-30-47)59(5,6)7/h10-37H,8-9H2,1-7H3. The van der Waals surface area contributed by atoms with E-state index in [1.54, 1.807) is 0 Å². The molecule has 0 saturated heterocycles. The Labute approximate surface area is 351 Å². The third-order valence-electron chi connectivity index (χ3n) is 11.3. The van der Waals surface area contributed by atoms with Crippen LogP contribution in [0.1, 0.15) is 47.2 Å². The second kappa shape index (κ2) is 16.8. The molecule has 7 aromatic carbocycles. The molecular weight excluding hydrogens is 735 g/mol. The van der Waals surface area contributed by atoms with Gasteiger partial charge in [0.05, 0.1) is 8.07 Å². The summed E-state index contributed by atoms with van der Waals surface area (Å²) in [5, 5.41) is 1.44. The van der Waals surface area contributed by atoms with Gasteiger partial charge in [0, 0.05) is 45.8 Å². The van der Waals surface area contributed by atoms with E-state index in [0.29, 0.717) is 5.89 Å². The summed E-state index contributed by atoms with van der Waals surface area (Å²) in [6, 6.07) is 56.7. The Bertz CT molecular complexity index is 2720. The minimum atomic E-state index is -1.44. The predicted octanol–water partition coefficient (Wildman–Crippen LogP) is 14.9. The van der Waals surface area contributed by atoms with E-state index in [4.69, 9.17) is 9.40 Å². The fourth-order valence-electron chi connectivity index (χ4n) is 7.85. The van der Waals surface area contributed by atoms with Crippen LogP contribution >= 0.6 is 0 Å². The van der Waals surface area contributed by atoms with Gasteiger partial charge < -0.3 is 14.2 Å². The summed E-state index contributed by atoms with van der Waals surface area (Å²) in [6.45, 7) is 16.0. The van der Waals surface area contributed by atoms with Crippen molar-refractivity contribution in [3.63, 3.8) is 0 Å². The Kier molecular flexibility index (Phi) is 11.2. The molecule has 0 unspecified atom stereocenters. The molecule has 59 heavy (non-hydrogen) atoms. The minimum absolute atomic E-state index is 0.611. The van der Waals surface area contributed by atoms with E-state index in [0.717, 1.165) is 74.8 Å². The number of aryl methyl sites for hydroxylation is 4. The second-order valence-electron chi connectivity index (χ2n) is 16.4. The number of anilines is 6. The molecular formula is C54H53N3OSi. The van der Waals surface area contributed by atoms with Crippen molar-refractivity contribution in [1.29, 1.82) is 0 Å². The average Bonchev–Trinajstić information content (AvgIpc) is 3.68. The van der Waals surface area contributed by atoms with Crippen LogP contribution in [-0.4, -0.2) is 13.1 Å². The van der Waals surface area contributed by atoms with Gasteiger partial charge in [0.2, 0.25) is 5.89 Å². The van der Waals surface area contributed by atoms with Crippen molar-refractivity contribution in [2.45, 2.75) is 60.2 Å². The predicted molar refractivity (Wildman–Crippen MR) is 255 cm³/mol. The van der Waals surface area contributed by atoms with Gasteiger partial charge in [-0.05, 0) is 145 Å². The monoisotopic (exact) mass is 787 g/mol. The van der Waals surface area contributed by atoms with Crippen molar-refractivity contribution in [3.8, 4) is 11.5 Å². The first-order valence-corrected chi connectivity index (χ1v) is 24.3. The number of para-hydroxylation sites is 1. The summed E-state index contributed by atoms with van der Waals surface area (Å²) in [6.07, 6.45) is 6.35. The van der Waals surface area contributed by atoms with Crippen LogP contribution in [0.4, 0.5) is 34.1 Å². The molecule has 8 rings (SSSR count). The van der Waals surface area contributed by atoms with Crippen LogP contribution in [0.5, 0.6) is 0 Å². The summed E-state index contributed by atoms with van der Waals surface area (Å²) >= 11 is 0. The number of rotatable bonds is 12. The van der Waals surface area contributed by atoms with Crippen molar-refractivity contribution in [3.05, 3.63) is 191 Å². The number of nitrogens with zero attached hydrogens (tertiary/aromatic N) is 3. The molecule has 294 valence electrons. The molecule has 5 heteroatoms. The molecule has 0 spiro atoms. The van der Waals surface area contributed by atoms with Gasteiger partial charge in [-0.1, -0.05) is 118 Å². The molecule has 0 bridgehead atoms. The summed E-state index contributed by atoms with van der Waals surface area (Å²) < 4.78 is 6.47. The van der Waals surface area contributed by atoms with Gasteiger partial charge in [-0.25, -0.2) is 4.98 Å². The Balaban J connectivity index is 1.02. The molecule has 0 atom stereocenters. The summed E-state index contributed by atoms with van der Waals surface area (Å²) in [4.78, 5) is 9.55. The maximum atomic E-state index is 6.47.